The lowest BCUT2D eigenvalue weighted by Gasteiger charge is -2.10. The molecule has 0 fully saturated rings. The highest BCUT2D eigenvalue weighted by Gasteiger charge is 2.08. The van der Waals surface area contributed by atoms with Crippen molar-refractivity contribution in [3.8, 4) is 17.6 Å². The maximum atomic E-state index is 12.5. The van der Waals surface area contributed by atoms with Crippen LogP contribution in [0.2, 0.25) is 0 Å². The molecule has 28 heavy (non-hydrogen) atoms. The van der Waals surface area contributed by atoms with Crippen molar-refractivity contribution in [2.75, 3.05) is 11.9 Å². The number of nitrogens with zero attached hydrogens (tertiary/aromatic N) is 1. The number of hydrogen-bond donors (Lipinski definition) is 1. The van der Waals surface area contributed by atoms with Gasteiger partial charge in [0.15, 0.2) is 6.61 Å². The van der Waals surface area contributed by atoms with E-state index in [0.717, 1.165) is 5.56 Å². The molecule has 0 spiro atoms. The van der Waals surface area contributed by atoms with E-state index < -0.39 is 0 Å². The Morgan fingerprint density at radius 1 is 0.964 bits per heavy atom. The van der Waals surface area contributed by atoms with Crippen molar-refractivity contribution in [3.63, 3.8) is 0 Å². The van der Waals surface area contributed by atoms with E-state index in [-0.39, 0.29) is 12.5 Å². The number of nitriles is 1. The predicted octanol–water partition coefficient (Wildman–Crippen LogP) is 4.73. The van der Waals surface area contributed by atoms with Gasteiger partial charge in [-0.15, -0.1) is 0 Å². The van der Waals surface area contributed by atoms with Crippen LogP contribution in [0.15, 0.2) is 72.8 Å². The molecule has 0 saturated carbocycles. The summed E-state index contributed by atoms with van der Waals surface area (Å²) in [6.07, 6.45) is 0. The molecule has 3 rings (SSSR count). The lowest BCUT2D eigenvalue weighted by Crippen LogP contribution is -2.12. The summed E-state index contributed by atoms with van der Waals surface area (Å²) in [5.74, 6) is 0.979. The fourth-order valence-electron chi connectivity index (χ4n) is 2.65. The van der Waals surface area contributed by atoms with Crippen molar-refractivity contribution >= 4 is 11.6 Å². The molecule has 0 aliphatic heterocycles. The van der Waals surface area contributed by atoms with Crippen LogP contribution in [-0.4, -0.2) is 12.5 Å². The fourth-order valence-corrected chi connectivity index (χ4v) is 2.65. The van der Waals surface area contributed by atoms with Crippen LogP contribution in [0.4, 0.5) is 5.69 Å². The number of amides is 1. The zero-order valence-electron chi connectivity index (χ0n) is 15.5. The number of anilines is 1. The SMILES string of the molecule is Cc1cccc(COc2cccc(C(=O)Nc3ccc(OCC#N)cc3)c2)c1. The van der Waals surface area contributed by atoms with Crippen molar-refractivity contribution in [2.45, 2.75) is 13.5 Å². The normalized spacial score (nSPS) is 10.0. The van der Waals surface area contributed by atoms with Gasteiger partial charge in [0.05, 0.1) is 0 Å². The number of carbonyl (C=O) groups excluding carboxylic acids is 1. The zero-order chi connectivity index (χ0) is 19.8. The first-order valence-corrected chi connectivity index (χ1v) is 8.83. The minimum Gasteiger partial charge on any atom is -0.489 e. The Bertz CT molecular complexity index is 991. The highest BCUT2D eigenvalue weighted by atomic mass is 16.5. The van der Waals surface area contributed by atoms with Gasteiger partial charge in [-0.3, -0.25) is 4.79 Å². The summed E-state index contributed by atoms with van der Waals surface area (Å²) in [6.45, 7) is 2.47. The first-order valence-electron chi connectivity index (χ1n) is 8.83. The highest BCUT2D eigenvalue weighted by molar-refractivity contribution is 6.04. The third-order valence-corrected chi connectivity index (χ3v) is 4.00. The van der Waals surface area contributed by atoms with Crippen LogP contribution < -0.4 is 14.8 Å². The Labute approximate surface area is 164 Å². The summed E-state index contributed by atoms with van der Waals surface area (Å²) >= 11 is 0. The highest BCUT2D eigenvalue weighted by Crippen LogP contribution is 2.19. The van der Waals surface area contributed by atoms with Gasteiger partial charge < -0.3 is 14.8 Å². The minimum atomic E-state index is -0.230. The van der Waals surface area contributed by atoms with Crippen LogP contribution >= 0.6 is 0 Å². The van der Waals surface area contributed by atoms with Crippen molar-refractivity contribution in [2.24, 2.45) is 0 Å². The van der Waals surface area contributed by atoms with Gasteiger partial charge >= 0.3 is 0 Å². The summed E-state index contributed by atoms with van der Waals surface area (Å²) in [4.78, 5) is 12.5. The Morgan fingerprint density at radius 3 is 2.50 bits per heavy atom. The van der Waals surface area contributed by atoms with Gasteiger partial charge in [0.2, 0.25) is 0 Å². The fraction of sp³-hybridized carbons (Fsp3) is 0.130. The molecule has 0 atom stereocenters. The third-order valence-electron chi connectivity index (χ3n) is 4.00. The zero-order valence-corrected chi connectivity index (χ0v) is 15.5. The van der Waals surface area contributed by atoms with Gasteiger partial charge in [0.25, 0.3) is 5.91 Å². The van der Waals surface area contributed by atoms with Crippen molar-refractivity contribution in [3.05, 3.63) is 89.5 Å². The molecular formula is C23H20N2O3. The molecule has 0 aliphatic rings. The van der Waals surface area contributed by atoms with Crippen LogP contribution in [0.1, 0.15) is 21.5 Å². The van der Waals surface area contributed by atoms with Crippen LogP contribution in [0, 0.1) is 18.3 Å². The molecule has 5 heteroatoms. The Morgan fingerprint density at radius 2 is 1.75 bits per heavy atom. The quantitative estimate of drug-likeness (QED) is 0.651. The molecule has 0 aliphatic carbocycles. The number of rotatable bonds is 7. The molecule has 1 N–H and O–H groups in total. The van der Waals surface area contributed by atoms with Gasteiger partial charge in [-0.05, 0) is 55.0 Å². The first kappa shape index (κ1) is 19.0. The molecule has 3 aromatic carbocycles. The molecule has 0 radical (unpaired) electrons. The van der Waals surface area contributed by atoms with Gasteiger partial charge in [-0.25, -0.2) is 0 Å². The molecule has 0 aromatic heterocycles. The van der Waals surface area contributed by atoms with E-state index in [1.54, 1.807) is 42.5 Å². The molecule has 5 nitrogen and oxygen atoms in total. The number of carbonyl (C=O) groups is 1. The van der Waals surface area contributed by atoms with Crippen molar-refractivity contribution in [1.29, 1.82) is 5.26 Å². The summed E-state index contributed by atoms with van der Waals surface area (Å²) in [6, 6.07) is 23.9. The number of aryl methyl sites for hydroxylation is 1. The third kappa shape index (κ3) is 5.36. The largest absolute Gasteiger partial charge is 0.489 e. The monoisotopic (exact) mass is 372 g/mol. The van der Waals surface area contributed by atoms with E-state index in [0.29, 0.717) is 29.4 Å². The molecule has 0 bridgehead atoms. The standard InChI is InChI=1S/C23H20N2O3/c1-17-4-2-5-18(14-17)16-28-22-7-3-6-19(15-22)23(26)25-20-8-10-21(11-9-20)27-13-12-24/h2-11,14-15H,13,16H2,1H3,(H,25,26). The number of ether oxygens (including phenoxy) is 2. The van der Waals surface area contributed by atoms with E-state index >= 15 is 0 Å². The average molecular weight is 372 g/mol. The second-order valence-corrected chi connectivity index (χ2v) is 6.23. The number of nitrogens with one attached hydrogen (secondary N) is 1. The summed E-state index contributed by atoms with van der Waals surface area (Å²) in [5.41, 5.74) is 3.40. The van der Waals surface area contributed by atoms with Crippen LogP contribution in [0.3, 0.4) is 0 Å². The summed E-state index contributed by atoms with van der Waals surface area (Å²) in [7, 11) is 0. The van der Waals surface area contributed by atoms with Crippen LogP contribution in [0.25, 0.3) is 0 Å². The van der Waals surface area contributed by atoms with Gasteiger partial charge in [-0.1, -0.05) is 35.9 Å². The first-order chi connectivity index (χ1) is 13.6. The van der Waals surface area contributed by atoms with Crippen LogP contribution in [0.5, 0.6) is 11.5 Å². The van der Waals surface area contributed by atoms with E-state index in [1.165, 1.54) is 5.56 Å². The maximum absolute atomic E-state index is 12.5. The smallest absolute Gasteiger partial charge is 0.255 e. The van der Waals surface area contributed by atoms with Gasteiger partial charge in [0, 0.05) is 11.3 Å². The molecule has 0 saturated heterocycles. The Hall–Kier alpha value is -3.78. The lowest BCUT2D eigenvalue weighted by atomic mass is 10.1. The minimum absolute atomic E-state index is 0.0128. The molecule has 1 amide bonds. The number of benzene rings is 3. The Balaban J connectivity index is 1.61. The van der Waals surface area contributed by atoms with Gasteiger partial charge in [0.1, 0.15) is 24.2 Å². The van der Waals surface area contributed by atoms with E-state index in [1.807, 2.05) is 37.3 Å². The topological polar surface area (TPSA) is 71.3 Å². The Kier molecular flexibility index (Phi) is 6.27. The summed E-state index contributed by atoms with van der Waals surface area (Å²) in [5, 5.41) is 11.4. The predicted molar refractivity (Wildman–Crippen MR) is 107 cm³/mol. The molecule has 0 unspecified atom stereocenters. The average Bonchev–Trinajstić information content (AvgIpc) is 2.72. The maximum Gasteiger partial charge on any atom is 0.255 e. The summed E-state index contributed by atoms with van der Waals surface area (Å²) < 4.78 is 11.0. The second kappa shape index (κ2) is 9.24. The van der Waals surface area contributed by atoms with E-state index in [2.05, 4.69) is 11.4 Å². The van der Waals surface area contributed by atoms with Crippen molar-refractivity contribution < 1.29 is 14.3 Å². The molecule has 3 aromatic rings. The van der Waals surface area contributed by atoms with Gasteiger partial charge in [-0.2, -0.15) is 5.26 Å². The van der Waals surface area contributed by atoms with E-state index in [9.17, 15) is 4.79 Å². The van der Waals surface area contributed by atoms with Crippen molar-refractivity contribution in [1.82, 2.24) is 0 Å². The molecule has 0 heterocycles. The molecule has 140 valence electrons. The van der Waals surface area contributed by atoms with E-state index in [4.69, 9.17) is 14.7 Å². The van der Waals surface area contributed by atoms with Crippen LogP contribution in [-0.2, 0) is 6.61 Å². The lowest BCUT2D eigenvalue weighted by molar-refractivity contribution is 0.102. The second-order valence-electron chi connectivity index (χ2n) is 6.23. The molecular weight excluding hydrogens is 352 g/mol. The number of hydrogen-bond acceptors (Lipinski definition) is 4.